The van der Waals surface area contributed by atoms with E-state index in [1.54, 1.807) is 0 Å². The summed E-state index contributed by atoms with van der Waals surface area (Å²) in [6.45, 7) is 4.85. The molecule has 2 atom stereocenters. The lowest BCUT2D eigenvalue weighted by Crippen LogP contribution is -2.48. The van der Waals surface area contributed by atoms with Crippen LogP contribution < -0.4 is 0 Å². The molecule has 2 bridgehead atoms. The van der Waals surface area contributed by atoms with E-state index in [2.05, 4.69) is 20.0 Å². The number of rotatable bonds is 2. The second-order valence-electron chi connectivity index (χ2n) is 8.59. The molecule has 0 aromatic carbocycles. The summed E-state index contributed by atoms with van der Waals surface area (Å²) >= 11 is 0. The second-order valence-corrected chi connectivity index (χ2v) is 8.59. The van der Waals surface area contributed by atoms with E-state index in [4.69, 9.17) is 4.74 Å². The van der Waals surface area contributed by atoms with Gasteiger partial charge in [0.1, 0.15) is 0 Å². The fraction of sp³-hybridized carbons (Fsp3) is 0.800. The molecule has 1 N–H and O–H groups in total. The molecule has 1 aromatic heterocycles. The molecule has 142 valence electrons. The lowest BCUT2D eigenvalue weighted by Gasteiger charge is -2.37. The fourth-order valence-electron chi connectivity index (χ4n) is 5.51. The molecule has 0 radical (unpaired) electrons. The molecule has 4 saturated heterocycles. The smallest absolute Gasteiger partial charge is 0.274 e. The van der Waals surface area contributed by atoms with E-state index >= 15 is 0 Å². The molecule has 26 heavy (non-hydrogen) atoms. The Bertz CT molecular complexity index is 667. The van der Waals surface area contributed by atoms with Crippen LogP contribution in [0.3, 0.4) is 0 Å². The van der Waals surface area contributed by atoms with Crippen molar-refractivity contribution in [2.45, 2.75) is 63.5 Å². The van der Waals surface area contributed by atoms with Gasteiger partial charge in [-0.1, -0.05) is 0 Å². The van der Waals surface area contributed by atoms with E-state index in [1.807, 2.05) is 0 Å². The first-order valence-corrected chi connectivity index (χ1v) is 10.5. The van der Waals surface area contributed by atoms with Gasteiger partial charge in [0.05, 0.1) is 0 Å². The van der Waals surface area contributed by atoms with Crippen LogP contribution in [0.5, 0.6) is 0 Å². The van der Waals surface area contributed by atoms with Crippen LogP contribution in [0.4, 0.5) is 0 Å². The molecule has 1 aromatic rings. The van der Waals surface area contributed by atoms with Crippen LogP contribution in [0, 0.1) is 5.92 Å². The zero-order valence-corrected chi connectivity index (χ0v) is 15.6. The average Bonchev–Trinajstić information content (AvgIpc) is 2.90. The Kier molecular flexibility index (Phi) is 4.49. The third-order valence-electron chi connectivity index (χ3n) is 6.97. The molecule has 4 fully saturated rings. The number of piperidine rings is 1. The zero-order chi connectivity index (χ0) is 17.5. The second kappa shape index (κ2) is 6.97. The minimum absolute atomic E-state index is 0.174. The summed E-state index contributed by atoms with van der Waals surface area (Å²) in [4.78, 5) is 18.2. The number of carbonyl (C=O) groups excluding carboxylic acids is 1. The number of aromatic amines is 1. The van der Waals surface area contributed by atoms with Crippen LogP contribution >= 0.6 is 0 Å². The summed E-state index contributed by atoms with van der Waals surface area (Å²) in [6, 6.07) is 0.986. The third kappa shape index (κ3) is 2.97. The predicted octanol–water partition coefficient (Wildman–Crippen LogP) is 2.00. The van der Waals surface area contributed by atoms with Crippen LogP contribution in [-0.2, 0) is 17.6 Å². The van der Waals surface area contributed by atoms with Gasteiger partial charge in [0.2, 0.25) is 0 Å². The van der Waals surface area contributed by atoms with Crippen molar-refractivity contribution in [3.8, 4) is 0 Å². The Morgan fingerprint density at radius 3 is 2.73 bits per heavy atom. The predicted molar refractivity (Wildman–Crippen MR) is 98.2 cm³/mol. The molecule has 4 aliphatic heterocycles. The minimum atomic E-state index is 0.174. The molecule has 1 amide bonds. The number of carbonyl (C=O) groups is 1. The SMILES string of the molecule is O=C(c1n[nH]c2c1CCCC2)N1CC2CCC1CN(C1CCOCC1)C2. The minimum Gasteiger partial charge on any atom is -0.381 e. The van der Waals surface area contributed by atoms with Gasteiger partial charge in [-0.15, -0.1) is 0 Å². The Balaban J connectivity index is 1.35. The van der Waals surface area contributed by atoms with Crippen molar-refractivity contribution >= 4 is 5.91 Å². The summed E-state index contributed by atoms with van der Waals surface area (Å²) in [7, 11) is 0. The van der Waals surface area contributed by atoms with E-state index in [-0.39, 0.29) is 5.91 Å². The van der Waals surface area contributed by atoms with Gasteiger partial charge >= 0.3 is 0 Å². The maximum absolute atomic E-state index is 13.4. The molecule has 0 saturated carbocycles. The number of hydrogen-bond donors (Lipinski definition) is 1. The highest BCUT2D eigenvalue weighted by atomic mass is 16.5. The summed E-state index contributed by atoms with van der Waals surface area (Å²) in [6.07, 6.45) is 9.10. The Morgan fingerprint density at radius 1 is 1.00 bits per heavy atom. The number of H-pyrrole nitrogens is 1. The number of nitrogens with one attached hydrogen (secondary N) is 1. The van der Waals surface area contributed by atoms with E-state index in [0.29, 0.717) is 23.7 Å². The Morgan fingerprint density at radius 2 is 1.85 bits per heavy atom. The number of amides is 1. The largest absolute Gasteiger partial charge is 0.381 e. The van der Waals surface area contributed by atoms with Crippen molar-refractivity contribution in [2.24, 2.45) is 5.92 Å². The first-order valence-electron chi connectivity index (χ1n) is 10.5. The number of aryl methyl sites for hydroxylation is 1. The Labute approximate surface area is 155 Å². The number of hydrogen-bond acceptors (Lipinski definition) is 4. The van der Waals surface area contributed by atoms with Gasteiger partial charge in [-0.25, -0.2) is 0 Å². The van der Waals surface area contributed by atoms with Gasteiger partial charge < -0.3 is 9.64 Å². The van der Waals surface area contributed by atoms with E-state index in [9.17, 15) is 4.79 Å². The molecular weight excluding hydrogens is 328 g/mol. The highest BCUT2D eigenvalue weighted by molar-refractivity contribution is 5.94. The van der Waals surface area contributed by atoms with Gasteiger partial charge in [-0.2, -0.15) is 5.10 Å². The van der Waals surface area contributed by atoms with Crippen molar-refractivity contribution in [1.29, 1.82) is 0 Å². The monoisotopic (exact) mass is 358 g/mol. The molecule has 6 heteroatoms. The molecular formula is C20H30N4O2. The van der Waals surface area contributed by atoms with Crippen LogP contribution in [0.2, 0.25) is 0 Å². The Hall–Kier alpha value is -1.40. The van der Waals surface area contributed by atoms with Gasteiger partial charge in [-0.3, -0.25) is 14.8 Å². The lowest BCUT2D eigenvalue weighted by atomic mass is 9.92. The zero-order valence-electron chi connectivity index (χ0n) is 15.6. The quantitative estimate of drug-likeness (QED) is 0.878. The van der Waals surface area contributed by atoms with Crippen LogP contribution in [0.15, 0.2) is 0 Å². The molecule has 6 rings (SSSR count). The van der Waals surface area contributed by atoms with Crippen molar-refractivity contribution < 1.29 is 9.53 Å². The summed E-state index contributed by atoms with van der Waals surface area (Å²) < 4.78 is 5.55. The first-order chi connectivity index (χ1) is 12.8. The number of nitrogens with zero attached hydrogens (tertiary/aromatic N) is 3. The van der Waals surface area contributed by atoms with Gasteiger partial charge in [-0.05, 0) is 57.3 Å². The van der Waals surface area contributed by atoms with E-state index in [0.717, 1.165) is 65.0 Å². The van der Waals surface area contributed by atoms with Crippen LogP contribution in [0.25, 0.3) is 0 Å². The molecule has 1 aliphatic carbocycles. The topological polar surface area (TPSA) is 61.5 Å². The normalized spacial score (nSPS) is 30.2. The third-order valence-corrected chi connectivity index (χ3v) is 6.97. The molecule has 2 unspecified atom stereocenters. The summed E-state index contributed by atoms with van der Waals surface area (Å²) in [5.41, 5.74) is 3.11. The average molecular weight is 358 g/mol. The van der Waals surface area contributed by atoms with E-state index in [1.165, 1.54) is 30.5 Å². The molecule has 0 spiro atoms. The van der Waals surface area contributed by atoms with Crippen molar-refractivity contribution in [3.05, 3.63) is 17.0 Å². The maximum atomic E-state index is 13.4. The maximum Gasteiger partial charge on any atom is 0.274 e. The lowest BCUT2D eigenvalue weighted by molar-refractivity contribution is 0.0304. The standard InChI is InChI=1S/C20H30N4O2/c25-20(19-17-3-1-2-4-18(17)21-22-19)24-12-14-5-6-16(24)13-23(11-14)15-7-9-26-10-8-15/h14-16H,1-13H2,(H,21,22). The van der Waals surface area contributed by atoms with Crippen molar-refractivity contribution in [1.82, 2.24) is 20.0 Å². The molecule has 5 aliphatic rings. The fourth-order valence-corrected chi connectivity index (χ4v) is 5.51. The number of aromatic nitrogens is 2. The van der Waals surface area contributed by atoms with Gasteiger partial charge in [0, 0.05) is 56.2 Å². The van der Waals surface area contributed by atoms with Gasteiger partial charge in [0.25, 0.3) is 5.91 Å². The van der Waals surface area contributed by atoms with Crippen LogP contribution in [-0.4, -0.2) is 70.8 Å². The van der Waals surface area contributed by atoms with Crippen molar-refractivity contribution in [3.63, 3.8) is 0 Å². The number of fused-ring (bicyclic) bond motifs is 5. The highest BCUT2D eigenvalue weighted by Gasteiger charge is 2.40. The summed E-state index contributed by atoms with van der Waals surface area (Å²) in [5, 5.41) is 7.59. The van der Waals surface area contributed by atoms with E-state index < -0.39 is 0 Å². The first kappa shape index (κ1) is 16.8. The van der Waals surface area contributed by atoms with Crippen LogP contribution in [0.1, 0.15) is 60.3 Å². The summed E-state index contributed by atoms with van der Waals surface area (Å²) in [5.74, 6) is 0.781. The van der Waals surface area contributed by atoms with Gasteiger partial charge in [0.15, 0.2) is 5.69 Å². The van der Waals surface area contributed by atoms with Crippen molar-refractivity contribution in [2.75, 3.05) is 32.8 Å². The molecule has 6 nitrogen and oxygen atoms in total. The highest BCUT2D eigenvalue weighted by Crippen LogP contribution is 2.32. The molecule has 5 heterocycles. The number of ether oxygens (including phenoxy) is 1.